The maximum absolute atomic E-state index is 12.2. The van der Waals surface area contributed by atoms with E-state index in [9.17, 15) is 9.82 Å². The summed E-state index contributed by atoms with van der Waals surface area (Å²) in [6.07, 6.45) is 7.90. The minimum Gasteiger partial charge on any atom is -0.423 e. The van der Waals surface area contributed by atoms with Crippen molar-refractivity contribution in [1.82, 2.24) is 14.9 Å². The van der Waals surface area contributed by atoms with Gasteiger partial charge in [-0.05, 0) is 42.7 Å². The van der Waals surface area contributed by atoms with Crippen LogP contribution in [0.15, 0.2) is 18.5 Å². The monoisotopic (exact) mass is 339 g/mol. The van der Waals surface area contributed by atoms with Crippen molar-refractivity contribution in [3.63, 3.8) is 0 Å². The van der Waals surface area contributed by atoms with Crippen molar-refractivity contribution in [3.05, 3.63) is 24.0 Å². The van der Waals surface area contributed by atoms with Crippen LogP contribution in [-0.2, 0) is 15.0 Å². The first kappa shape index (κ1) is 15.4. The number of nitrogens with one attached hydrogen (secondary N) is 1. The number of nitrogens with zero attached hydrogens (tertiary/aromatic N) is 2. The number of hydrogen-bond donors (Lipinski definition) is 2. The van der Waals surface area contributed by atoms with Gasteiger partial charge in [0, 0.05) is 42.8 Å². The highest BCUT2D eigenvalue weighted by Crippen LogP contribution is 2.62. The van der Waals surface area contributed by atoms with Crippen LogP contribution in [0.25, 0.3) is 11.0 Å². The fraction of sp³-hybridized carbons (Fsp3) is 0.556. The predicted molar refractivity (Wildman–Crippen MR) is 94.2 cm³/mol. The number of carbonyl (C=O) groups excluding carboxylic acids is 1. The van der Waals surface area contributed by atoms with E-state index in [-0.39, 0.29) is 11.3 Å². The largest absolute Gasteiger partial charge is 0.493 e. The molecule has 1 saturated carbocycles. The van der Waals surface area contributed by atoms with E-state index in [1.54, 1.807) is 6.20 Å². The van der Waals surface area contributed by atoms with Gasteiger partial charge in [0.2, 0.25) is 5.91 Å². The Balaban J connectivity index is 1.44. The third-order valence-electron chi connectivity index (χ3n) is 6.25. The molecule has 2 fully saturated rings. The molecule has 1 saturated heterocycles. The molecule has 5 rings (SSSR count). The summed E-state index contributed by atoms with van der Waals surface area (Å²) in [4.78, 5) is 21.8. The Kier molecular flexibility index (Phi) is 3.13. The third kappa shape index (κ3) is 2.05. The summed E-state index contributed by atoms with van der Waals surface area (Å²) >= 11 is 0. The molecule has 2 aromatic heterocycles. The maximum atomic E-state index is 12.2. The molecule has 0 atom stereocenters. The molecule has 3 aliphatic rings. The number of fused-ring (bicyclic) bond motifs is 4. The van der Waals surface area contributed by atoms with Gasteiger partial charge in [0.1, 0.15) is 5.65 Å². The summed E-state index contributed by atoms with van der Waals surface area (Å²) in [5, 5.41) is 11.4. The van der Waals surface area contributed by atoms with Crippen LogP contribution in [-0.4, -0.2) is 46.0 Å². The zero-order chi connectivity index (χ0) is 17.2. The number of pyridine rings is 1. The predicted octanol–water partition coefficient (Wildman–Crippen LogP) is 1.29. The zero-order valence-corrected chi connectivity index (χ0v) is 14.4. The van der Waals surface area contributed by atoms with Crippen molar-refractivity contribution in [3.8, 4) is 0 Å². The molecule has 2 aliphatic heterocycles. The Hall–Kier alpha value is -1.86. The first-order chi connectivity index (χ1) is 12.1. The van der Waals surface area contributed by atoms with E-state index < -0.39 is 12.7 Å². The second-order valence-corrected chi connectivity index (χ2v) is 7.96. The molecule has 0 unspecified atom stereocenters. The number of aromatic amines is 1. The summed E-state index contributed by atoms with van der Waals surface area (Å²) < 4.78 is 6.06. The van der Waals surface area contributed by atoms with Crippen molar-refractivity contribution < 1.29 is 14.5 Å². The second-order valence-electron chi connectivity index (χ2n) is 7.96. The van der Waals surface area contributed by atoms with Gasteiger partial charge in [0.05, 0.1) is 5.60 Å². The van der Waals surface area contributed by atoms with Crippen molar-refractivity contribution in [1.29, 1.82) is 0 Å². The summed E-state index contributed by atoms with van der Waals surface area (Å²) in [5.41, 5.74) is 2.43. The molecule has 0 radical (unpaired) electrons. The minimum absolute atomic E-state index is 0.136. The fourth-order valence-corrected chi connectivity index (χ4v) is 5.28. The number of amides is 1. The van der Waals surface area contributed by atoms with Gasteiger partial charge in [0.25, 0.3) is 0 Å². The summed E-state index contributed by atoms with van der Waals surface area (Å²) in [7, 11) is -0.904. The van der Waals surface area contributed by atoms with Gasteiger partial charge < -0.3 is 19.6 Å². The van der Waals surface area contributed by atoms with E-state index in [2.05, 4.69) is 9.97 Å². The maximum Gasteiger partial charge on any atom is 0.493 e. The number of rotatable bonds is 2. The third-order valence-corrected chi connectivity index (χ3v) is 6.25. The number of hydrogen-bond acceptors (Lipinski definition) is 4. The van der Waals surface area contributed by atoms with E-state index in [1.807, 2.05) is 24.1 Å². The Morgan fingerprint density at radius 2 is 2.36 bits per heavy atom. The average molecular weight is 339 g/mol. The molecule has 25 heavy (non-hydrogen) atoms. The van der Waals surface area contributed by atoms with Crippen molar-refractivity contribution in [2.24, 2.45) is 5.41 Å². The molecule has 4 heterocycles. The highest BCUT2D eigenvalue weighted by Gasteiger charge is 2.63. The Bertz CT molecular complexity index is 858. The highest BCUT2D eigenvalue weighted by atomic mass is 16.5. The first-order valence-electron chi connectivity index (χ1n) is 9.16. The quantitative estimate of drug-likeness (QED) is 0.808. The van der Waals surface area contributed by atoms with Gasteiger partial charge >= 0.3 is 7.12 Å². The van der Waals surface area contributed by atoms with E-state index in [4.69, 9.17) is 4.65 Å². The van der Waals surface area contributed by atoms with Gasteiger partial charge in [-0.1, -0.05) is 6.92 Å². The van der Waals surface area contributed by atoms with Crippen LogP contribution in [0.5, 0.6) is 0 Å². The summed E-state index contributed by atoms with van der Waals surface area (Å²) in [6, 6.07) is 2.01. The molecule has 1 amide bonds. The zero-order valence-electron chi connectivity index (χ0n) is 14.4. The highest BCUT2D eigenvalue weighted by molar-refractivity contribution is 6.62. The molecule has 0 bridgehead atoms. The van der Waals surface area contributed by atoms with Crippen LogP contribution >= 0.6 is 0 Å². The summed E-state index contributed by atoms with van der Waals surface area (Å²) in [6.45, 7) is 3.72. The normalized spacial score (nSPS) is 30.5. The minimum atomic E-state index is -0.904. The number of carbonyl (C=O) groups is 1. The van der Waals surface area contributed by atoms with Gasteiger partial charge in [-0.25, -0.2) is 4.98 Å². The van der Waals surface area contributed by atoms with Crippen LogP contribution in [0.4, 0.5) is 0 Å². The van der Waals surface area contributed by atoms with Crippen LogP contribution < -0.4 is 5.46 Å². The number of aromatic nitrogens is 2. The SMILES string of the molecule is CCCC(=O)N1CCC2(C1)CC1(C2)OB(O)c2cnc3[nH]ccc3c21. The van der Waals surface area contributed by atoms with Crippen LogP contribution in [0.2, 0.25) is 0 Å². The Morgan fingerprint density at radius 1 is 1.52 bits per heavy atom. The molecular formula is C18H22BN3O3. The first-order valence-corrected chi connectivity index (χ1v) is 9.16. The van der Waals surface area contributed by atoms with Crippen molar-refractivity contribution in [2.75, 3.05) is 13.1 Å². The molecule has 0 aromatic carbocycles. The molecule has 6 nitrogen and oxygen atoms in total. The van der Waals surface area contributed by atoms with Crippen molar-refractivity contribution in [2.45, 2.75) is 44.6 Å². The van der Waals surface area contributed by atoms with E-state index >= 15 is 0 Å². The molecular weight excluding hydrogens is 317 g/mol. The molecule has 130 valence electrons. The lowest BCUT2D eigenvalue weighted by atomic mass is 9.56. The van der Waals surface area contributed by atoms with Gasteiger partial charge in [-0.2, -0.15) is 0 Å². The molecule has 2 N–H and O–H groups in total. The lowest BCUT2D eigenvalue weighted by Crippen LogP contribution is -2.52. The van der Waals surface area contributed by atoms with Crippen LogP contribution in [0.1, 0.15) is 44.6 Å². The Morgan fingerprint density at radius 3 is 3.16 bits per heavy atom. The van der Waals surface area contributed by atoms with Gasteiger partial charge in [0.15, 0.2) is 0 Å². The van der Waals surface area contributed by atoms with E-state index in [1.165, 1.54) is 0 Å². The number of likely N-dealkylation sites (tertiary alicyclic amines) is 1. The van der Waals surface area contributed by atoms with Gasteiger partial charge in [-0.3, -0.25) is 4.79 Å². The van der Waals surface area contributed by atoms with Gasteiger partial charge in [-0.15, -0.1) is 0 Å². The van der Waals surface area contributed by atoms with E-state index in [0.29, 0.717) is 6.42 Å². The van der Waals surface area contributed by atoms with Crippen LogP contribution in [0, 0.1) is 5.41 Å². The average Bonchev–Trinajstić information content (AvgIpc) is 3.25. The standard InChI is InChI=1S/C18H22BN3O3/c1-2-3-14(23)22-7-5-17(11-22)9-18(10-17)15-12-4-6-20-16(12)21-8-13(15)19(24)25-18/h4,6,8,24H,2-3,5,7,9-11H2,1H3,(H,20,21). The fourth-order valence-electron chi connectivity index (χ4n) is 5.28. The molecule has 1 aliphatic carbocycles. The molecule has 2 spiro atoms. The lowest BCUT2D eigenvalue weighted by molar-refractivity contribution is -0.135. The molecule has 7 heteroatoms. The topological polar surface area (TPSA) is 78.5 Å². The van der Waals surface area contributed by atoms with Crippen molar-refractivity contribution >= 4 is 29.5 Å². The van der Waals surface area contributed by atoms with E-state index in [0.717, 1.165) is 60.8 Å². The second kappa shape index (κ2) is 5.08. The smallest absolute Gasteiger partial charge is 0.423 e. The summed E-state index contributed by atoms with van der Waals surface area (Å²) in [5.74, 6) is 0.269. The van der Waals surface area contributed by atoms with Crippen LogP contribution in [0.3, 0.4) is 0 Å². The Labute approximate surface area is 146 Å². The lowest BCUT2D eigenvalue weighted by Gasteiger charge is -2.53. The molecule has 2 aromatic rings. The number of H-pyrrole nitrogens is 1.